The van der Waals surface area contributed by atoms with Crippen LogP contribution >= 0.6 is 0 Å². The van der Waals surface area contributed by atoms with Crippen LogP contribution in [0, 0.1) is 11.3 Å². The van der Waals surface area contributed by atoms with E-state index in [0.717, 1.165) is 18.5 Å². The molecule has 23 heavy (non-hydrogen) atoms. The van der Waals surface area contributed by atoms with Gasteiger partial charge in [-0.05, 0) is 30.4 Å². The number of rotatable bonds is 3. The average molecular weight is 302 g/mol. The van der Waals surface area contributed by atoms with Crippen molar-refractivity contribution in [3.63, 3.8) is 0 Å². The second-order valence-corrected chi connectivity index (χ2v) is 6.26. The minimum absolute atomic E-state index is 0.235. The van der Waals surface area contributed by atoms with Crippen LogP contribution in [0.1, 0.15) is 36.2 Å². The molecule has 4 heteroatoms. The molecule has 0 aliphatic carbocycles. The molecular formula is C19H18N4. The second kappa shape index (κ2) is 5.94. The summed E-state index contributed by atoms with van der Waals surface area (Å²) in [6.45, 7) is 1.02. The Bertz CT molecular complexity index is 758. The molecule has 2 aromatic rings. The van der Waals surface area contributed by atoms with Crippen LogP contribution in [0.3, 0.4) is 0 Å². The summed E-state index contributed by atoms with van der Waals surface area (Å²) in [4.78, 5) is 10.8. The molecule has 114 valence electrons. The maximum atomic E-state index is 8.81. The van der Waals surface area contributed by atoms with Gasteiger partial charge in [-0.15, -0.1) is 0 Å². The Morgan fingerprint density at radius 3 is 2.61 bits per heavy atom. The minimum atomic E-state index is 0.235. The Kier molecular flexibility index (Phi) is 3.64. The highest BCUT2D eigenvalue weighted by molar-refractivity contribution is 5.67. The number of hydrogen-bond donors (Lipinski definition) is 0. The predicted octanol–water partition coefficient (Wildman–Crippen LogP) is 3.17. The van der Waals surface area contributed by atoms with E-state index in [-0.39, 0.29) is 5.82 Å². The number of nitriles is 1. The van der Waals surface area contributed by atoms with Gasteiger partial charge in [-0.2, -0.15) is 5.26 Å². The predicted molar refractivity (Wildman–Crippen MR) is 88.1 cm³/mol. The quantitative estimate of drug-likeness (QED) is 0.874. The van der Waals surface area contributed by atoms with Gasteiger partial charge in [-0.1, -0.05) is 36.4 Å². The van der Waals surface area contributed by atoms with E-state index in [0.29, 0.717) is 12.1 Å². The fourth-order valence-corrected chi connectivity index (χ4v) is 3.72. The van der Waals surface area contributed by atoms with Gasteiger partial charge in [0, 0.05) is 36.6 Å². The van der Waals surface area contributed by atoms with E-state index >= 15 is 0 Å². The largest absolute Gasteiger partial charge is 0.289 e. The van der Waals surface area contributed by atoms with Crippen molar-refractivity contribution in [3.8, 4) is 6.07 Å². The molecule has 3 heterocycles. The van der Waals surface area contributed by atoms with Gasteiger partial charge in [-0.3, -0.25) is 4.90 Å². The molecule has 1 aromatic carbocycles. The van der Waals surface area contributed by atoms with Gasteiger partial charge in [0.15, 0.2) is 0 Å². The van der Waals surface area contributed by atoms with Gasteiger partial charge in [0.05, 0.1) is 0 Å². The zero-order valence-electron chi connectivity index (χ0n) is 12.9. The Morgan fingerprint density at radius 2 is 1.91 bits per heavy atom. The fourth-order valence-electron chi connectivity index (χ4n) is 3.72. The Balaban J connectivity index is 1.55. The van der Waals surface area contributed by atoms with E-state index in [9.17, 15) is 0 Å². The molecule has 0 spiro atoms. The zero-order valence-corrected chi connectivity index (χ0v) is 12.9. The molecule has 4 nitrogen and oxygen atoms in total. The van der Waals surface area contributed by atoms with E-state index in [4.69, 9.17) is 5.26 Å². The lowest BCUT2D eigenvalue weighted by Gasteiger charge is -2.34. The molecule has 0 saturated carbocycles. The topological polar surface area (TPSA) is 52.8 Å². The van der Waals surface area contributed by atoms with Crippen LogP contribution in [-0.2, 0) is 6.54 Å². The maximum absolute atomic E-state index is 8.81. The molecule has 0 N–H and O–H groups in total. The summed E-state index contributed by atoms with van der Waals surface area (Å²) >= 11 is 0. The molecule has 2 unspecified atom stereocenters. The molecule has 4 rings (SSSR count). The van der Waals surface area contributed by atoms with Crippen molar-refractivity contribution in [3.05, 3.63) is 65.8 Å². The smallest absolute Gasteiger partial charge is 0.232 e. The van der Waals surface area contributed by atoms with E-state index in [1.807, 2.05) is 6.07 Å². The highest BCUT2D eigenvalue weighted by Gasteiger charge is 2.36. The summed E-state index contributed by atoms with van der Waals surface area (Å²) in [5.74, 6) is 0.235. The summed E-state index contributed by atoms with van der Waals surface area (Å²) in [5.41, 5.74) is 3.76. The van der Waals surface area contributed by atoms with Crippen molar-refractivity contribution in [2.75, 3.05) is 0 Å². The van der Waals surface area contributed by atoms with Gasteiger partial charge >= 0.3 is 0 Å². The lowest BCUT2D eigenvalue weighted by molar-refractivity contribution is 0.203. The lowest BCUT2D eigenvalue weighted by Crippen LogP contribution is -2.37. The second-order valence-electron chi connectivity index (χ2n) is 6.26. The van der Waals surface area contributed by atoms with Gasteiger partial charge in [-0.25, -0.2) is 9.97 Å². The molecule has 0 radical (unpaired) electrons. The van der Waals surface area contributed by atoms with Gasteiger partial charge in [0.25, 0.3) is 0 Å². The summed E-state index contributed by atoms with van der Waals surface area (Å²) in [7, 11) is 0. The molecule has 1 fully saturated rings. The molecule has 1 saturated heterocycles. The number of fused-ring (bicyclic) bond motifs is 2. The van der Waals surface area contributed by atoms with Crippen LogP contribution < -0.4 is 0 Å². The first kappa shape index (κ1) is 14.1. The first-order valence-electron chi connectivity index (χ1n) is 8.06. The van der Waals surface area contributed by atoms with E-state index in [1.165, 1.54) is 24.0 Å². The summed E-state index contributed by atoms with van der Waals surface area (Å²) in [6.07, 6.45) is 9.44. The molecular weight excluding hydrogens is 284 g/mol. The molecule has 1 aromatic heterocycles. The van der Waals surface area contributed by atoms with Gasteiger partial charge < -0.3 is 0 Å². The lowest BCUT2D eigenvalue weighted by atomic mass is 9.96. The minimum Gasteiger partial charge on any atom is -0.289 e. The normalized spacial score (nSPS) is 23.3. The number of benzene rings is 1. The number of hydrogen-bond acceptors (Lipinski definition) is 4. The van der Waals surface area contributed by atoms with Crippen LogP contribution in [0.25, 0.3) is 5.57 Å². The van der Waals surface area contributed by atoms with Crippen molar-refractivity contribution in [2.24, 2.45) is 0 Å². The summed E-state index contributed by atoms with van der Waals surface area (Å²) in [6, 6.07) is 13.7. The summed E-state index contributed by atoms with van der Waals surface area (Å²) in [5, 5.41) is 8.81. The molecule has 2 aliphatic rings. The van der Waals surface area contributed by atoms with Crippen LogP contribution in [0.2, 0.25) is 0 Å². The van der Waals surface area contributed by atoms with Crippen LogP contribution in [-0.4, -0.2) is 27.0 Å². The van der Waals surface area contributed by atoms with E-state index in [2.05, 4.69) is 51.3 Å². The standard InChI is InChI=1S/C19H18N4/c20-10-19-21-11-16(12-22-19)15-8-17-6-7-18(9-15)23(17)13-14-4-2-1-3-5-14/h1-5,8,11-12,17-18H,6-7,9,13H2. The Labute approximate surface area is 136 Å². The Hall–Kier alpha value is -2.51. The summed E-state index contributed by atoms with van der Waals surface area (Å²) < 4.78 is 0. The highest BCUT2D eigenvalue weighted by Crippen LogP contribution is 2.39. The fraction of sp³-hybridized carbons (Fsp3) is 0.316. The third-order valence-corrected chi connectivity index (χ3v) is 4.87. The monoisotopic (exact) mass is 302 g/mol. The SMILES string of the molecule is N#Cc1ncc(C2=CC3CCC(C2)N3Cc2ccccc2)cn1. The van der Waals surface area contributed by atoms with Crippen molar-refractivity contribution in [2.45, 2.75) is 37.9 Å². The molecule has 2 aliphatic heterocycles. The van der Waals surface area contributed by atoms with Crippen molar-refractivity contribution < 1.29 is 0 Å². The molecule has 0 amide bonds. The van der Waals surface area contributed by atoms with E-state index in [1.54, 1.807) is 12.4 Å². The van der Waals surface area contributed by atoms with E-state index < -0.39 is 0 Å². The first-order chi connectivity index (χ1) is 11.3. The van der Waals surface area contributed by atoms with Crippen molar-refractivity contribution >= 4 is 5.57 Å². The third-order valence-electron chi connectivity index (χ3n) is 4.87. The van der Waals surface area contributed by atoms with Crippen LogP contribution in [0.15, 0.2) is 48.8 Å². The van der Waals surface area contributed by atoms with Gasteiger partial charge in [0.2, 0.25) is 5.82 Å². The number of nitrogens with zero attached hydrogens (tertiary/aromatic N) is 4. The van der Waals surface area contributed by atoms with Crippen molar-refractivity contribution in [1.82, 2.24) is 14.9 Å². The average Bonchev–Trinajstić information content (AvgIpc) is 2.84. The van der Waals surface area contributed by atoms with Gasteiger partial charge in [0.1, 0.15) is 6.07 Å². The van der Waals surface area contributed by atoms with Crippen LogP contribution in [0.5, 0.6) is 0 Å². The Morgan fingerprint density at radius 1 is 1.13 bits per heavy atom. The molecule has 2 bridgehead atoms. The maximum Gasteiger partial charge on any atom is 0.232 e. The highest BCUT2D eigenvalue weighted by atomic mass is 15.2. The zero-order chi connectivity index (χ0) is 15.6. The number of aromatic nitrogens is 2. The van der Waals surface area contributed by atoms with Crippen molar-refractivity contribution in [1.29, 1.82) is 5.26 Å². The molecule has 2 atom stereocenters. The third kappa shape index (κ3) is 2.76. The van der Waals surface area contributed by atoms with Crippen LogP contribution in [0.4, 0.5) is 0 Å². The first-order valence-corrected chi connectivity index (χ1v) is 8.06.